The number of aromatic nitrogens is 1. The Bertz CT molecular complexity index is 578. The molecule has 1 heterocycles. The highest BCUT2D eigenvalue weighted by molar-refractivity contribution is 7.21. The number of benzene rings is 1. The summed E-state index contributed by atoms with van der Waals surface area (Å²) in [4.78, 5) is 11.5. The molecule has 2 N–H and O–H groups in total. The van der Waals surface area contributed by atoms with E-state index in [1.54, 1.807) is 11.5 Å². The number of nitrogens with zero attached hydrogens (tertiary/aromatic N) is 1. The van der Waals surface area contributed by atoms with Gasteiger partial charge in [0.1, 0.15) is 5.52 Å². The molecule has 0 bridgehead atoms. The second kappa shape index (κ2) is 5.35. The largest absolute Gasteiger partial charge is 0.463 e. The van der Waals surface area contributed by atoms with E-state index in [-0.39, 0.29) is 12.5 Å². The van der Waals surface area contributed by atoms with Gasteiger partial charge in [0.15, 0.2) is 6.54 Å². The number of anilines is 1. The van der Waals surface area contributed by atoms with Crippen LogP contribution in [0.4, 0.5) is 5.13 Å². The molecule has 0 spiro atoms. The van der Waals surface area contributed by atoms with Gasteiger partial charge < -0.3 is 4.74 Å². The van der Waals surface area contributed by atoms with Gasteiger partial charge >= 0.3 is 11.1 Å². The van der Waals surface area contributed by atoms with Crippen molar-refractivity contribution in [3.8, 4) is 0 Å². The van der Waals surface area contributed by atoms with Crippen LogP contribution in [-0.2, 0) is 22.5 Å². The third kappa shape index (κ3) is 2.46. The van der Waals surface area contributed by atoms with E-state index in [1.807, 2.05) is 6.07 Å². The molecule has 0 amide bonds. The first-order chi connectivity index (χ1) is 8.65. The topological polar surface area (TPSA) is 56.2 Å². The Hall–Kier alpha value is -1.62. The minimum Gasteiger partial charge on any atom is -0.463 e. The zero-order valence-corrected chi connectivity index (χ0v) is 11.4. The summed E-state index contributed by atoms with van der Waals surface area (Å²) >= 11 is 1.50. The SMILES string of the molecule is CCOC(=O)C[n+]1c(N)sc2cc(CC)ccc21. The Morgan fingerprint density at radius 3 is 2.89 bits per heavy atom. The van der Waals surface area contributed by atoms with Gasteiger partial charge in [0.05, 0.1) is 11.3 Å². The molecule has 2 rings (SSSR count). The molecule has 0 saturated carbocycles. The number of rotatable bonds is 4. The maximum absolute atomic E-state index is 11.5. The molecule has 1 aromatic carbocycles. The maximum atomic E-state index is 11.5. The lowest BCUT2D eigenvalue weighted by molar-refractivity contribution is -0.641. The van der Waals surface area contributed by atoms with Crippen LogP contribution in [0.2, 0.25) is 0 Å². The zero-order chi connectivity index (χ0) is 13.1. The normalized spacial score (nSPS) is 10.8. The lowest BCUT2D eigenvalue weighted by Crippen LogP contribution is -2.39. The Labute approximate surface area is 110 Å². The van der Waals surface area contributed by atoms with E-state index in [0.29, 0.717) is 11.7 Å². The van der Waals surface area contributed by atoms with Crippen molar-refractivity contribution >= 4 is 32.7 Å². The summed E-state index contributed by atoms with van der Waals surface area (Å²) in [7, 11) is 0. The summed E-state index contributed by atoms with van der Waals surface area (Å²) in [5.74, 6) is -0.256. The predicted octanol–water partition coefficient (Wildman–Crippen LogP) is 1.90. The summed E-state index contributed by atoms with van der Waals surface area (Å²) in [5, 5.41) is 0.631. The highest BCUT2D eigenvalue weighted by Gasteiger charge is 2.18. The average molecular weight is 265 g/mol. The van der Waals surface area contributed by atoms with Crippen LogP contribution in [0.25, 0.3) is 10.2 Å². The van der Waals surface area contributed by atoms with Gasteiger partial charge in [0.25, 0.3) is 0 Å². The van der Waals surface area contributed by atoms with Crippen LogP contribution in [0.3, 0.4) is 0 Å². The van der Waals surface area contributed by atoms with Crippen LogP contribution < -0.4 is 10.3 Å². The summed E-state index contributed by atoms with van der Waals surface area (Å²) in [6.45, 7) is 4.47. The van der Waals surface area contributed by atoms with Crippen LogP contribution in [0, 0.1) is 0 Å². The molecule has 0 aliphatic carbocycles. The van der Waals surface area contributed by atoms with Gasteiger partial charge in [-0.15, -0.1) is 0 Å². The standard InChI is InChI=1S/C13H16N2O2S/c1-3-9-5-6-10-11(7-9)18-13(14)15(10)8-12(16)17-4-2/h5-7,14H,3-4,8H2,1-2H3/p+1. The molecule has 1 aromatic heterocycles. The van der Waals surface area contributed by atoms with Crippen molar-refractivity contribution in [1.82, 2.24) is 0 Å². The van der Waals surface area contributed by atoms with Crippen LogP contribution in [0.1, 0.15) is 19.4 Å². The summed E-state index contributed by atoms with van der Waals surface area (Å²) in [6.07, 6.45) is 0.992. The van der Waals surface area contributed by atoms with Crippen LogP contribution in [-0.4, -0.2) is 12.6 Å². The lowest BCUT2D eigenvalue weighted by Gasteiger charge is -2.01. The molecule has 0 aliphatic heterocycles. The van der Waals surface area contributed by atoms with E-state index in [0.717, 1.165) is 16.6 Å². The third-order valence-electron chi connectivity index (χ3n) is 2.80. The van der Waals surface area contributed by atoms with Crippen molar-refractivity contribution in [2.45, 2.75) is 26.8 Å². The van der Waals surface area contributed by atoms with Gasteiger partial charge in [-0.1, -0.05) is 13.0 Å². The van der Waals surface area contributed by atoms with Crippen LogP contribution >= 0.6 is 11.3 Å². The molecule has 4 nitrogen and oxygen atoms in total. The number of nitrogens with two attached hydrogens (primary N) is 1. The molecule has 0 unspecified atom stereocenters. The minimum atomic E-state index is -0.256. The van der Waals surface area contributed by atoms with Crippen LogP contribution in [0.15, 0.2) is 18.2 Å². The first kappa shape index (κ1) is 12.8. The van der Waals surface area contributed by atoms with Gasteiger partial charge in [0, 0.05) is 0 Å². The quantitative estimate of drug-likeness (QED) is 0.678. The fourth-order valence-electron chi connectivity index (χ4n) is 1.87. The number of hydrogen-bond acceptors (Lipinski definition) is 4. The van der Waals surface area contributed by atoms with E-state index in [4.69, 9.17) is 10.5 Å². The number of hydrogen-bond donors (Lipinski definition) is 1. The van der Waals surface area contributed by atoms with E-state index < -0.39 is 0 Å². The average Bonchev–Trinajstić information content (AvgIpc) is 2.65. The highest BCUT2D eigenvalue weighted by atomic mass is 32.1. The number of thiazole rings is 1. The van der Waals surface area contributed by atoms with E-state index >= 15 is 0 Å². The van der Waals surface area contributed by atoms with Gasteiger partial charge in [-0.05, 0) is 42.4 Å². The molecule has 0 radical (unpaired) electrons. The fourth-order valence-corrected chi connectivity index (χ4v) is 2.86. The summed E-state index contributed by atoms with van der Waals surface area (Å²) in [5.41, 5.74) is 8.22. The van der Waals surface area contributed by atoms with Crippen molar-refractivity contribution in [2.75, 3.05) is 12.3 Å². The molecule has 0 atom stereocenters. The minimum absolute atomic E-state index is 0.172. The van der Waals surface area contributed by atoms with E-state index in [2.05, 4.69) is 19.1 Å². The lowest BCUT2D eigenvalue weighted by atomic mass is 10.2. The van der Waals surface area contributed by atoms with Crippen molar-refractivity contribution in [3.63, 3.8) is 0 Å². The zero-order valence-electron chi connectivity index (χ0n) is 10.6. The Morgan fingerprint density at radius 2 is 2.22 bits per heavy atom. The van der Waals surface area contributed by atoms with Crippen molar-refractivity contribution in [3.05, 3.63) is 23.8 Å². The molecule has 2 aromatic rings. The van der Waals surface area contributed by atoms with Gasteiger partial charge in [-0.25, -0.2) is 9.36 Å². The Balaban J connectivity index is 2.38. The summed E-state index contributed by atoms with van der Waals surface area (Å²) in [6, 6.07) is 6.20. The predicted molar refractivity (Wildman–Crippen MR) is 72.4 cm³/mol. The number of carbonyl (C=O) groups is 1. The number of carbonyl (C=O) groups excluding carboxylic acids is 1. The Morgan fingerprint density at radius 1 is 1.44 bits per heavy atom. The van der Waals surface area contributed by atoms with Gasteiger partial charge in [0.2, 0.25) is 0 Å². The smallest absolute Gasteiger partial charge is 0.348 e. The number of ether oxygens (including phenoxy) is 1. The second-order valence-corrected chi connectivity index (χ2v) is 5.05. The first-order valence-corrected chi connectivity index (χ1v) is 6.83. The molecule has 18 heavy (non-hydrogen) atoms. The number of fused-ring (bicyclic) bond motifs is 1. The highest BCUT2D eigenvalue weighted by Crippen LogP contribution is 2.23. The molecular weight excluding hydrogens is 248 g/mol. The number of nitrogen functional groups attached to an aromatic ring is 1. The van der Waals surface area contributed by atoms with Crippen molar-refractivity contribution in [2.24, 2.45) is 0 Å². The van der Waals surface area contributed by atoms with Gasteiger partial charge in [-0.3, -0.25) is 5.73 Å². The van der Waals surface area contributed by atoms with Crippen molar-refractivity contribution in [1.29, 1.82) is 0 Å². The molecule has 0 saturated heterocycles. The molecule has 5 heteroatoms. The van der Waals surface area contributed by atoms with E-state index in [9.17, 15) is 4.79 Å². The van der Waals surface area contributed by atoms with E-state index in [1.165, 1.54) is 16.9 Å². The number of esters is 1. The van der Waals surface area contributed by atoms with Gasteiger partial charge in [-0.2, -0.15) is 0 Å². The van der Waals surface area contributed by atoms with Crippen LogP contribution in [0.5, 0.6) is 0 Å². The maximum Gasteiger partial charge on any atom is 0.348 e. The molecule has 0 aliphatic rings. The molecular formula is C13H17N2O2S+. The monoisotopic (exact) mass is 265 g/mol. The molecule has 0 fully saturated rings. The number of aryl methyl sites for hydroxylation is 1. The Kier molecular flexibility index (Phi) is 3.81. The summed E-state index contributed by atoms with van der Waals surface area (Å²) < 4.78 is 7.86. The first-order valence-electron chi connectivity index (χ1n) is 6.02. The molecule has 96 valence electrons. The van der Waals surface area contributed by atoms with Crippen molar-refractivity contribution < 1.29 is 14.1 Å². The third-order valence-corrected chi connectivity index (χ3v) is 3.77. The second-order valence-electron chi connectivity index (χ2n) is 3.99. The fraction of sp³-hybridized carbons (Fsp3) is 0.385.